The van der Waals surface area contributed by atoms with E-state index in [0.29, 0.717) is 14.9 Å². The van der Waals surface area contributed by atoms with Crippen LogP contribution in [0.3, 0.4) is 0 Å². The number of hydrogen-bond acceptors (Lipinski definition) is 1. The van der Waals surface area contributed by atoms with Crippen LogP contribution in [0.15, 0.2) is 0 Å². The molecule has 0 saturated carbocycles. The summed E-state index contributed by atoms with van der Waals surface area (Å²) in [5, 5.41) is 0. The zero-order chi connectivity index (χ0) is 8.85. The highest BCUT2D eigenvalue weighted by molar-refractivity contribution is 7.33. The lowest BCUT2D eigenvalue weighted by molar-refractivity contribution is 0.272. The molecule has 0 bridgehead atoms. The Labute approximate surface area is 72.8 Å². The molecule has 0 aromatic heterocycles. The molecule has 2 unspecified atom stereocenters. The third-order valence-electron chi connectivity index (χ3n) is 1.70. The Bertz CT molecular complexity index is 91.6. The van der Waals surface area contributed by atoms with Crippen LogP contribution in [0.5, 0.6) is 0 Å². The minimum atomic E-state index is 0.390. The first-order chi connectivity index (χ1) is 5.07. The molecule has 0 amide bonds. The van der Waals surface area contributed by atoms with Crippen LogP contribution in [0.25, 0.3) is 0 Å². The first kappa shape index (κ1) is 11.4. The van der Waals surface area contributed by atoms with E-state index in [-0.39, 0.29) is 0 Å². The van der Waals surface area contributed by atoms with Crippen molar-refractivity contribution < 1.29 is 4.52 Å². The topological polar surface area (TPSA) is 9.23 Å². The Morgan fingerprint density at radius 1 is 1.18 bits per heavy atom. The molecule has 68 valence electrons. The highest BCUT2D eigenvalue weighted by Crippen LogP contribution is 2.30. The van der Waals surface area contributed by atoms with Gasteiger partial charge in [0.05, 0.1) is 6.10 Å². The molecule has 0 aromatic rings. The lowest BCUT2D eigenvalue weighted by Gasteiger charge is -2.19. The van der Waals surface area contributed by atoms with Gasteiger partial charge in [0.1, 0.15) is 0 Å². The molecule has 0 aromatic carbocycles. The van der Waals surface area contributed by atoms with Gasteiger partial charge in [-0.05, 0) is 26.2 Å². The molecule has 0 heterocycles. The van der Waals surface area contributed by atoms with Crippen LogP contribution in [0.1, 0.15) is 41.0 Å². The third kappa shape index (κ3) is 5.64. The molecule has 2 heteroatoms. The van der Waals surface area contributed by atoms with Gasteiger partial charge in [0.2, 0.25) is 0 Å². The van der Waals surface area contributed by atoms with E-state index in [9.17, 15) is 0 Å². The second-order valence-electron chi connectivity index (χ2n) is 3.54. The highest BCUT2D eigenvalue weighted by Gasteiger charge is 2.11. The number of rotatable bonds is 5. The van der Waals surface area contributed by atoms with Gasteiger partial charge in [-0.25, -0.2) is 0 Å². The lowest BCUT2D eigenvalue weighted by Crippen LogP contribution is -2.10. The predicted octanol–water partition coefficient (Wildman–Crippen LogP) is 3.44. The molecule has 1 nitrogen and oxygen atoms in total. The summed E-state index contributed by atoms with van der Waals surface area (Å²) in [4.78, 5) is 0. The Hall–Kier alpha value is 0.390. The van der Waals surface area contributed by atoms with Crippen molar-refractivity contribution >= 4 is 8.81 Å². The fourth-order valence-electron chi connectivity index (χ4n) is 0.914. The monoisotopic (exact) mass is 176 g/mol. The Kier molecular flexibility index (Phi) is 6.18. The molecule has 0 aliphatic carbocycles. The molecule has 0 aliphatic rings. The van der Waals surface area contributed by atoms with Crippen LogP contribution in [0.2, 0.25) is 0 Å². The minimum absolute atomic E-state index is 0.390. The van der Waals surface area contributed by atoms with Crippen molar-refractivity contribution in [1.29, 1.82) is 0 Å². The molecule has 0 radical (unpaired) electrons. The van der Waals surface area contributed by atoms with E-state index in [1.54, 1.807) is 0 Å². The van der Waals surface area contributed by atoms with Gasteiger partial charge in [0.15, 0.2) is 0 Å². The molecule has 11 heavy (non-hydrogen) atoms. The first-order valence-corrected chi connectivity index (χ1v) is 5.47. The SMILES string of the molecule is CCC(POC(C)C)C(C)C. The van der Waals surface area contributed by atoms with Crippen LogP contribution in [-0.4, -0.2) is 11.8 Å². The van der Waals surface area contributed by atoms with Crippen molar-refractivity contribution in [2.45, 2.75) is 52.8 Å². The quantitative estimate of drug-likeness (QED) is 0.583. The van der Waals surface area contributed by atoms with E-state index in [1.807, 2.05) is 0 Å². The zero-order valence-electron chi connectivity index (χ0n) is 8.35. The lowest BCUT2D eigenvalue weighted by atomic mass is 10.1. The fraction of sp³-hybridized carbons (Fsp3) is 1.00. The van der Waals surface area contributed by atoms with E-state index in [1.165, 1.54) is 6.42 Å². The Morgan fingerprint density at radius 2 is 1.73 bits per heavy atom. The minimum Gasteiger partial charge on any atom is -0.360 e. The van der Waals surface area contributed by atoms with E-state index >= 15 is 0 Å². The molecule has 0 N–H and O–H groups in total. The maximum absolute atomic E-state index is 5.58. The summed E-state index contributed by atoms with van der Waals surface area (Å²) < 4.78 is 5.58. The fourth-order valence-corrected chi connectivity index (χ4v) is 1.80. The normalized spacial score (nSPS) is 15.5. The third-order valence-corrected chi connectivity index (χ3v) is 3.68. The molecular formula is C9H21OP. The molecule has 0 fully saturated rings. The van der Waals surface area contributed by atoms with Crippen LogP contribution in [-0.2, 0) is 4.52 Å². The van der Waals surface area contributed by atoms with Gasteiger partial charge < -0.3 is 4.52 Å². The van der Waals surface area contributed by atoms with Gasteiger partial charge >= 0.3 is 0 Å². The first-order valence-electron chi connectivity index (χ1n) is 4.49. The smallest absolute Gasteiger partial charge is 0.0558 e. The van der Waals surface area contributed by atoms with Crippen molar-refractivity contribution in [3.63, 3.8) is 0 Å². The van der Waals surface area contributed by atoms with Gasteiger partial charge in [0.25, 0.3) is 0 Å². The Morgan fingerprint density at radius 3 is 2.00 bits per heavy atom. The van der Waals surface area contributed by atoms with E-state index < -0.39 is 0 Å². The van der Waals surface area contributed by atoms with Gasteiger partial charge in [0, 0.05) is 14.5 Å². The zero-order valence-corrected chi connectivity index (χ0v) is 9.35. The summed E-state index contributed by atoms with van der Waals surface area (Å²) in [6, 6.07) is 0. The average Bonchev–Trinajstić information content (AvgIpc) is 1.87. The van der Waals surface area contributed by atoms with Gasteiger partial charge in [-0.15, -0.1) is 0 Å². The maximum Gasteiger partial charge on any atom is 0.0558 e. The van der Waals surface area contributed by atoms with Gasteiger partial charge in [-0.2, -0.15) is 0 Å². The van der Waals surface area contributed by atoms with Crippen molar-refractivity contribution in [3.8, 4) is 0 Å². The Balaban J connectivity index is 3.52. The molecule has 2 atom stereocenters. The van der Waals surface area contributed by atoms with Gasteiger partial charge in [-0.1, -0.05) is 20.8 Å². The largest absolute Gasteiger partial charge is 0.360 e. The van der Waals surface area contributed by atoms with Crippen LogP contribution in [0, 0.1) is 5.92 Å². The second-order valence-corrected chi connectivity index (χ2v) is 4.76. The maximum atomic E-state index is 5.58. The summed E-state index contributed by atoms with van der Waals surface area (Å²) in [5.41, 5.74) is 0.761. The molecule has 0 spiro atoms. The summed E-state index contributed by atoms with van der Waals surface area (Å²) in [5.74, 6) is 0.761. The van der Waals surface area contributed by atoms with Gasteiger partial charge in [-0.3, -0.25) is 0 Å². The number of hydrogen-bond donors (Lipinski definition) is 0. The molecule has 0 aliphatic heterocycles. The van der Waals surface area contributed by atoms with E-state index in [2.05, 4.69) is 34.6 Å². The van der Waals surface area contributed by atoms with Crippen LogP contribution >= 0.6 is 8.81 Å². The van der Waals surface area contributed by atoms with Crippen molar-refractivity contribution in [1.82, 2.24) is 0 Å². The van der Waals surface area contributed by atoms with Crippen molar-refractivity contribution in [3.05, 3.63) is 0 Å². The van der Waals surface area contributed by atoms with Crippen LogP contribution in [0.4, 0.5) is 0 Å². The predicted molar refractivity (Wildman–Crippen MR) is 53.5 cm³/mol. The van der Waals surface area contributed by atoms with E-state index in [4.69, 9.17) is 4.52 Å². The van der Waals surface area contributed by atoms with Crippen molar-refractivity contribution in [2.75, 3.05) is 0 Å². The molecule has 0 saturated heterocycles. The van der Waals surface area contributed by atoms with E-state index in [0.717, 1.165) is 11.6 Å². The van der Waals surface area contributed by atoms with Crippen molar-refractivity contribution in [2.24, 2.45) is 5.92 Å². The molecular weight excluding hydrogens is 155 g/mol. The summed E-state index contributed by atoms with van der Waals surface area (Å²) in [6.45, 7) is 11.0. The summed E-state index contributed by atoms with van der Waals surface area (Å²) in [7, 11) is 0.684. The van der Waals surface area contributed by atoms with Crippen LogP contribution < -0.4 is 0 Å². The second kappa shape index (κ2) is 5.97. The standard InChI is InChI=1S/C9H21OP/c1-6-9(7(2)3)11-10-8(4)5/h7-9,11H,6H2,1-5H3. The molecule has 0 rings (SSSR count). The highest BCUT2D eigenvalue weighted by atomic mass is 31.1. The average molecular weight is 176 g/mol. The summed E-state index contributed by atoms with van der Waals surface area (Å²) in [6.07, 6.45) is 1.63. The summed E-state index contributed by atoms with van der Waals surface area (Å²) >= 11 is 0.